The minimum atomic E-state index is -3.18. The van der Waals surface area contributed by atoms with E-state index in [-0.39, 0.29) is 0 Å². The molecule has 0 radical (unpaired) electrons. The normalized spacial score (nSPS) is 16.4. The van der Waals surface area contributed by atoms with Crippen LogP contribution in [0.4, 0.5) is 0 Å². The van der Waals surface area contributed by atoms with E-state index in [9.17, 15) is 8.42 Å². The van der Waals surface area contributed by atoms with Crippen LogP contribution >= 0.6 is 0 Å². The third-order valence-electron chi connectivity index (χ3n) is 2.96. The van der Waals surface area contributed by atoms with Crippen LogP contribution in [0.5, 0.6) is 0 Å². The Balaban J connectivity index is 1.91. The Labute approximate surface area is 103 Å². The zero-order chi connectivity index (χ0) is 12.5. The average molecular weight is 254 g/mol. The summed E-state index contributed by atoms with van der Waals surface area (Å²) in [6.07, 6.45) is 0.754. The van der Waals surface area contributed by atoms with E-state index in [2.05, 4.69) is 0 Å². The lowest BCUT2D eigenvalue weighted by Crippen LogP contribution is -2.33. The molecule has 4 nitrogen and oxygen atoms in total. The first kappa shape index (κ1) is 12.5. The molecule has 0 aliphatic carbocycles. The largest absolute Gasteiger partial charge is 0.281 e. The highest BCUT2D eigenvalue weighted by atomic mass is 32.2. The van der Waals surface area contributed by atoms with Gasteiger partial charge in [0.05, 0.1) is 0 Å². The highest BCUT2D eigenvalue weighted by molar-refractivity contribution is 7.87. The van der Waals surface area contributed by atoms with Gasteiger partial charge in [-0.05, 0) is 18.9 Å². The lowest BCUT2D eigenvalue weighted by Gasteiger charge is -2.17. The summed E-state index contributed by atoms with van der Waals surface area (Å²) in [6, 6.07) is 8.20. The molecule has 1 aromatic rings. The predicted octanol–water partition coefficient (Wildman–Crippen LogP) is 1.03. The van der Waals surface area contributed by atoms with Crippen molar-refractivity contribution in [2.75, 3.05) is 26.7 Å². The molecule has 5 heteroatoms. The second kappa shape index (κ2) is 4.76. The molecule has 2 rings (SSSR count). The molecule has 17 heavy (non-hydrogen) atoms. The second-order valence-electron chi connectivity index (χ2n) is 4.46. The van der Waals surface area contributed by atoms with Gasteiger partial charge in [0.2, 0.25) is 0 Å². The summed E-state index contributed by atoms with van der Waals surface area (Å²) in [5.41, 5.74) is 2.39. The van der Waals surface area contributed by atoms with Crippen molar-refractivity contribution in [1.29, 1.82) is 0 Å². The van der Waals surface area contributed by atoms with Crippen molar-refractivity contribution in [2.24, 2.45) is 0 Å². The van der Waals surface area contributed by atoms with Crippen LogP contribution in [0.25, 0.3) is 0 Å². The topological polar surface area (TPSA) is 40.4 Å². The van der Waals surface area contributed by atoms with Crippen LogP contribution in [-0.2, 0) is 16.6 Å². The molecule has 0 saturated carbocycles. The van der Waals surface area contributed by atoms with Crippen molar-refractivity contribution in [3.05, 3.63) is 35.4 Å². The Bertz CT molecular complexity index is 478. The molecule has 1 saturated heterocycles. The minimum absolute atomic E-state index is 0.530. The molecule has 94 valence electrons. The monoisotopic (exact) mass is 254 g/mol. The fourth-order valence-corrected chi connectivity index (χ4v) is 2.88. The molecular formula is C12H18N2O2S. The van der Waals surface area contributed by atoms with Gasteiger partial charge in [-0.3, -0.25) is 0 Å². The van der Waals surface area contributed by atoms with Crippen molar-refractivity contribution in [3.63, 3.8) is 0 Å². The smallest absolute Gasteiger partial charge is 0.195 e. The van der Waals surface area contributed by atoms with Gasteiger partial charge in [-0.25, -0.2) is 0 Å². The van der Waals surface area contributed by atoms with Crippen molar-refractivity contribution < 1.29 is 8.42 Å². The minimum Gasteiger partial charge on any atom is -0.195 e. The van der Waals surface area contributed by atoms with Crippen LogP contribution < -0.4 is 0 Å². The van der Waals surface area contributed by atoms with E-state index in [1.807, 2.05) is 31.2 Å². The van der Waals surface area contributed by atoms with Crippen LogP contribution in [0.1, 0.15) is 11.1 Å². The zero-order valence-corrected chi connectivity index (χ0v) is 11.1. The molecule has 0 bridgehead atoms. The quantitative estimate of drug-likeness (QED) is 0.736. The van der Waals surface area contributed by atoms with E-state index >= 15 is 0 Å². The van der Waals surface area contributed by atoms with Gasteiger partial charge in [0.25, 0.3) is 10.2 Å². The summed E-state index contributed by atoms with van der Waals surface area (Å²) < 4.78 is 26.5. The molecule has 1 aliphatic rings. The summed E-state index contributed by atoms with van der Waals surface area (Å²) in [5.74, 6) is 0. The molecule has 1 heterocycles. The first-order valence-electron chi connectivity index (χ1n) is 5.77. The Hall–Kier alpha value is -0.910. The fourth-order valence-electron chi connectivity index (χ4n) is 1.63. The van der Waals surface area contributed by atoms with E-state index in [0.29, 0.717) is 19.6 Å². The summed E-state index contributed by atoms with van der Waals surface area (Å²) in [7, 11) is -1.54. The maximum Gasteiger partial charge on any atom is 0.281 e. The van der Waals surface area contributed by atoms with Gasteiger partial charge in [0.15, 0.2) is 0 Å². The number of hydrogen-bond donors (Lipinski definition) is 0. The Kier molecular flexibility index (Phi) is 3.51. The predicted molar refractivity (Wildman–Crippen MR) is 68.0 cm³/mol. The van der Waals surface area contributed by atoms with Crippen molar-refractivity contribution in [3.8, 4) is 0 Å². The standard InChI is InChI=1S/C12H18N2O2S/c1-11-3-5-12(6-4-11)7-8-13(2)17(15,16)14-9-10-14/h3-6H,7-10H2,1-2H3. The van der Waals surface area contributed by atoms with Gasteiger partial charge >= 0.3 is 0 Å². The van der Waals surface area contributed by atoms with Crippen molar-refractivity contribution >= 4 is 10.2 Å². The maximum absolute atomic E-state index is 11.8. The Morgan fingerprint density at radius 3 is 2.35 bits per heavy atom. The van der Waals surface area contributed by atoms with Gasteiger partial charge < -0.3 is 0 Å². The van der Waals surface area contributed by atoms with Crippen molar-refractivity contribution in [2.45, 2.75) is 13.3 Å². The molecule has 1 aliphatic heterocycles. The van der Waals surface area contributed by atoms with Gasteiger partial charge in [-0.1, -0.05) is 29.8 Å². The molecule has 0 unspecified atom stereocenters. The summed E-state index contributed by atoms with van der Waals surface area (Å²) >= 11 is 0. The molecule has 0 aromatic heterocycles. The fraction of sp³-hybridized carbons (Fsp3) is 0.500. The Morgan fingerprint density at radius 1 is 1.24 bits per heavy atom. The first-order chi connectivity index (χ1) is 8.00. The second-order valence-corrected chi connectivity index (χ2v) is 6.50. The van der Waals surface area contributed by atoms with E-state index in [0.717, 1.165) is 6.42 Å². The van der Waals surface area contributed by atoms with Crippen LogP contribution in [0.3, 0.4) is 0 Å². The maximum atomic E-state index is 11.8. The lowest BCUT2D eigenvalue weighted by atomic mass is 10.1. The van der Waals surface area contributed by atoms with Crippen molar-refractivity contribution in [1.82, 2.24) is 8.61 Å². The highest BCUT2D eigenvalue weighted by Crippen LogP contribution is 2.15. The van der Waals surface area contributed by atoms with Gasteiger partial charge in [-0.2, -0.15) is 17.0 Å². The lowest BCUT2D eigenvalue weighted by molar-refractivity contribution is 0.445. The third-order valence-corrected chi connectivity index (χ3v) is 4.95. The third kappa shape index (κ3) is 3.06. The van der Waals surface area contributed by atoms with E-state index in [1.54, 1.807) is 7.05 Å². The van der Waals surface area contributed by atoms with Crippen LogP contribution in [0.15, 0.2) is 24.3 Å². The first-order valence-corrected chi connectivity index (χ1v) is 7.17. The molecule has 0 atom stereocenters. The Morgan fingerprint density at radius 2 is 1.82 bits per heavy atom. The molecule has 1 aromatic carbocycles. The van der Waals surface area contributed by atoms with Gasteiger partial charge in [0, 0.05) is 26.7 Å². The number of rotatable bonds is 5. The van der Waals surface area contributed by atoms with Crippen LogP contribution in [0, 0.1) is 6.92 Å². The number of nitrogens with zero attached hydrogens (tertiary/aromatic N) is 2. The molecule has 1 fully saturated rings. The molecule has 0 N–H and O–H groups in total. The van der Waals surface area contributed by atoms with Gasteiger partial charge in [-0.15, -0.1) is 0 Å². The number of hydrogen-bond acceptors (Lipinski definition) is 2. The number of benzene rings is 1. The average Bonchev–Trinajstić information content (AvgIpc) is 3.11. The molecular weight excluding hydrogens is 236 g/mol. The van der Waals surface area contributed by atoms with Crippen LogP contribution in [-0.4, -0.2) is 43.7 Å². The molecule has 0 spiro atoms. The summed E-state index contributed by atoms with van der Waals surface area (Å²) in [5, 5.41) is 0. The number of likely N-dealkylation sites (N-methyl/N-ethyl adjacent to an activating group) is 1. The van der Waals surface area contributed by atoms with Crippen LogP contribution in [0.2, 0.25) is 0 Å². The van der Waals surface area contributed by atoms with E-state index in [4.69, 9.17) is 0 Å². The summed E-state index contributed by atoms with van der Waals surface area (Å²) in [6.45, 7) is 3.90. The van der Waals surface area contributed by atoms with Gasteiger partial charge in [0.1, 0.15) is 0 Å². The zero-order valence-electron chi connectivity index (χ0n) is 10.3. The highest BCUT2D eigenvalue weighted by Gasteiger charge is 2.34. The molecule has 0 amide bonds. The van der Waals surface area contributed by atoms with E-state index in [1.165, 1.54) is 19.7 Å². The van der Waals surface area contributed by atoms with E-state index < -0.39 is 10.2 Å². The SMILES string of the molecule is Cc1ccc(CCN(C)S(=O)(=O)N2CC2)cc1. The number of aryl methyl sites for hydroxylation is 1. The summed E-state index contributed by atoms with van der Waals surface area (Å²) in [4.78, 5) is 0.